The molecule has 2 aromatic carbocycles. The second-order valence-corrected chi connectivity index (χ2v) is 8.26. The molecule has 1 heterocycles. The second kappa shape index (κ2) is 11.2. The maximum Gasteiger partial charge on any atom is 0.243 e. The van der Waals surface area contributed by atoms with Gasteiger partial charge in [-0.3, -0.25) is 20.0 Å². The van der Waals surface area contributed by atoms with E-state index in [1.54, 1.807) is 43.3 Å². The number of para-hydroxylation sites is 2. The number of aromatic hydroxyl groups is 1. The van der Waals surface area contributed by atoms with Crippen LogP contribution in [0.4, 0.5) is 11.4 Å². The van der Waals surface area contributed by atoms with Crippen LogP contribution < -0.4 is 21.7 Å². The number of anilines is 2. The fraction of sp³-hybridized carbons (Fsp3) is 0.333. The third kappa shape index (κ3) is 6.71. The van der Waals surface area contributed by atoms with Gasteiger partial charge < -0.3 is 31.7 Å². The summed E-state index contributed by atoms with van der Waals surface area (Å²) in [5.74, 6) is -0.0965. The Morgan fingerprint density at radius 2 is 1.85 bits per heavy atom. The number of amidine groups is 2. The summed E-state index contributed by atoms with van der Waals surface area (Å²) in [6, 6.07) is 13.6. The first kappa shape index (κ1) is 24.6. The number of amides is 2. The van der Waals surface area contributed by atoms with Gasteiger partial charge in [-0.15, -0.1) is 0 Å². The number of carbonyl (C=O) groups is 2. The Morgan fingerprint density at radius 1 is 1.15 bits per heavy atom. The van der Waals surface area contributed by atoms with Gasteiger partial charge in [0.1, 0.15) is 11.6 Å². The summed E-state index contributed by atoms with van der Waals surface area (Å²) in [5, 5.41) is 20.6. The van der Waals surface area contributed by atoms with Crippen LogP contribution in [0.15, 0.2) is 53.5 Å². The summed E-state index contributed by atoms with van der Waals surface area (Å²) in [6.45, 7) is 2.95. The van der Waals surface area contributed by atoms with Crippen molar-refractivity contribution in [2.75, 3.05) is 36.4 Å². The number of primary amides is 1. The maximum absolute atomic E-state index is 12.7. The van der Waals surface area contributed by atoms with Gasteiger partial charge >= 0.3 is 0 Å². The maximum atomic E-state index is 12.7. The number of piperidine rings is 1. The number of carbonyl (C=O) groups excluding carboxylic acids is 2. The van der Waals surface area contributed by atoms with Crippen molar-refractivity contribution in [1.29, 1.82) is 5.41 Å². The molecule has 180 valence electrons. The number of nitrogens with two attached hydrogens (primary N) is 2. The molecule has 1 saturated heterocycles. The van der Waals surface area contributed by atoms with Crippen LogP contribution in [0.5, 0.6) is 5.75 Å². The molecule has 2 aromatic rings. The highest BCUT2D eigenvalue weighted by atomic mass is 16.3. The monoisotopic (exact) mass is 465 g/mol. The van der Waals surface area contributed by atoms with Gasteiger partial charge in [0.05, 0.1) is 30.7 Å². The molecule has 0 spiro atoms. The molecule has 0 aromatic heterocycles. The van der Waals surface area contributed by atoms with E-state index < -0.39 is 5.91 Å². The van der Waals surface area contributed by atoms with Gasteiger partial charge in [0.2, 0.25) is 11.8 Å². The van der Waals surface area contributed by atoms with Crippen molar-refractivity contribution >= 4 is 34.9 Å². The molecule has 0 atom stereocenters. The van der Waals surface area contributed by atoms with Crippen molar-refractivity contribution < 1.29 is 14.7 Å². The minimum absolute atomic E-state index is 0.0517. The Bertz CT molecular complexity index is 1080. The average molecular weight is 466 g/mol. The fourth-order valence-electron chi connectivity index (χ4n) is 3.88. The zero-order valence-electron chi connectivity index (χ0n) is 19.2. The van der Waals surface area contributed by atoms with Gasteiger partial charge in [0, 0.05) is 24.3 Å². The minimum Gasteiger partial charge on any atom is -0.506 e. The third-order valence-electron chi connectivity index (χ3n) is 5.61. The van der Waals surface area contributed by atoms with E-state index in [-0.39, 0.29) is 30.8 Å². The lowest BCUT2D eigenvalue weighted by Crippen LogP contribution is -2.39. The second-order valence-electron chi connectivity index (χ2n) is 8.26. The van der Waals surface area contributed by atoms with Gasteiger partial charge in [0.15, 0.2) is 0 Å². The normalized spacial score (nSPS) is 14.5. The van der Waals surface area contributed by atoms with Crippen LogP contribution in [-0.4, -0.2) is 65.7 Å². The predicted octanol–water partition coefficient (Wildman–Crippen LogP) is 1.49. The lowest BCUT2D eigenvalue weighted by atomic mass is 10.1. The molecule has 0 unspecified atom stereocenters. The average Bonchev–Trinajstić information content (AvgIpc) is 2.79. The molecule has 7 N–H and O–H groups in total. The number of likely N-dealkylation sites (tertiary alicyclic amines) is 1. The van der Waals surface area contributed by atoms with Crippen molar-refractivity contribution in [2.45, 2.75) is 25.8 Å². The van der Waals surface area contributed by atoms with Crippen molar-refractivity contribution in [2.24, 2.45) is 16.5 Å². The molecule has 34 heavy (non-hydrogen) atoms. The van der Waals surface area contributed by atoms with Crippen LogP contribution in [0, 0.1) is 5.41 Å². The molecule has 2 amide bonds. The van der Waals surface area contributed by atoms with E-state index in [1.165, 1.54) is 11.0 Å². The summed E-state index contributed by atoms with van der Waals surface area (Å²) in [7, 11) is 0. The van der Waals surface area contributed by atoms with E-state index in [2.05, 4.69) is 10.3 Å². The quantitative estimate of drug-likeness (QED) is 0.293. The molecular weight excluding hydrogens is 434 g/mol. The molecule has 3 rings (SSSR count). The van der Waals surface area contributed by atoms with Gasteiger partial charge in [-0.2, -0.15) is 0 Å². The molecule has 1 fully saturated rings. The van der Waals surface area contributed by atoms with E-state index in [4.69, 9.17) is 16.9 Å². The van der Waals surface area contributed by atoms with Crippen LogP contribution in [0.3, 0.4) is 0 Å². The summed E-state index contributed by atoms with van der Waals surface area (Å²) in [5.41, 5.74) is 13.1. The van der Waals surface area contributed by atoms with Crippen molar-refractivity contribution in [3.05, 3.63) is 54.1 Å². The number of nitrogens with zero attached hydrogens (tertiary/aromatic N) is 3. The van der Waals surface area contributed by atoms with Crippen LogP contribution in [0.2, 0.25) is 0 Å². The van der Waals surface area contributed by atoms with Crippen LogP contribution >= 0.6 is 0 Å². The van der Waals surface area contributed by atoms with E-state index in [1.807, 2.05) is 11.0 Å². The predicted molar refractivity (Wildman–Crippen MR) is 133 cm³/mol. The van der Waals surface area contributed by atoms with Crippen molar-refractivity contribution in [1.82, 2.24) is 4.90 Å². The first-order valence-electron chi connectivity index (χ1n) is 11.1. The van der Waals surface area contributed by atoms with E-state index in [0.29, 0.717) is 28.6 Å². The first-order valence-corrected chi connectivity index (χ1v) is 11.1. The zero-order valence-corrected chi connectivity index (χ0v) is 19.2. The van der Waals surface area contributed by atoms with Gasteiger partial charge in [-0.25, -0.2) is 0 Å². The Balaban J connectivity index is 1.66. The molecule has 0 saturated carbocycles. The molecule has 0 aliphatic carbocycles. The molecule has 10 heteroatoms. The Hall–Kier alpha value is -4.08. The van der Waals surface area contributed by atoms with E-state index in [0.717, 1.165) is 25.9 Å². The number of aliphatic imine (C=N–C) groups is 1. The van der Waals surface area contributed by atoms with Gasteiger partial charge in [-0.05, 0) is 44.0 Å². The summed E-state index contributed by atoms with van der Waals surface area (Å²) in [4.78, 5) is 32.3. The van der Waals surface area contributed by atoms with E-state index >= 15 is 0 Å². The number of phenols is 1. The van der Waals surface area contributed by atoms with Gasteiger partial charge in [0.25, 0.3) is 0 Å². The van der Waals surface area contributed by atoms with Gasteiger partial charge in [-0.1, -0.05) is 24.3 Å². The number of rotatable bonds is 8. The minimum atomic E-state index is -0.622. The van der Waals surface area contributed by atoms with E-state index in [9.17, 15) is 14.7 Å². The standard InChI is InChI=1S/C24H31N7O3/c1-16(25)30-11-9-18(10-12-30)29-24(27)17-5-4-6-19(13-17)28-23(34)15-31(14-22(26)33)20-7-2-3-8-21(20)32/h2-8,13,18,25,32H,9-12,14-15H2,1H3,(H2,26,33)(H2,27,29)(H,28,34). The molecule has 10 nitrogen and oxygen atoms in total. The summed E-state index contributed by atoms with van der Waals surface area (Å²) >= 11 is 0. The smallest absolute Gasteiger partial charge is 0.243 e. The van der Waals surface area contributed by atoms with Crippen molar-refractivity contribution in [3.63, 3.8) is 0 Å². The largest absolute Gasteiger partial charge is 0.506 e. The van der Waals surface area contributed by atoms with Crippen molar-refractivity contribution in [3.8, 4) is 5.75 Å². The Labute approximate surface area is 198 Å². The Morgan fingerprint density at radius 3 is 2.50 bits per heavy atom. The first-order chi connectivity index (χ1) is 16.2. The number of hydrogen-bond acceptors (Lipinski definition) is 6. The lowest BCUT2D eigenvalue weighted by molar-refractivity contribution is -0.117. The Kier molecular flexibility index (Phi) is 8.07. The molecular formula is C24H31N7O3. The lowest BCUT2D eigenvalue weighted by Gasteiger charge is -2.31. The summed E-state index contributed by atoms with van der Waals surface area (Å²) in [6.07, 6.45) is 1.66. The number of hydrogen-bond donors (Lipinski definition) is 5. The summed E-state index contributed by atoms with van der Waals surface area (Å²) < 4.78 is 0. The highest BCUT2D eigenvalue weighted by Gasteiger charge is 2.20. The highest BCUT2D eigenvalue weighted by molar-refractivity contribution is 6.00. The molecule has 0 radical (unpaired) electrons. The molecule has 0 bridgehead atoms. The number of nitrogens with one attached hydrogen (secondary N) is 2. The van der Waals surface area contributed by atoms with Crippen LogP contribution in [0.25, 0.3) is 0 Å². The molecule has 1 aliphatic heterocycles. The zero-order chi connectivity index (χ0) is 24.7. The number of phenolic OH excluding ortho intramolecular Hbond substituents is 1. The number of benzene rings is 2. The topological polar surface area (TPSA) is 161 Å². The SMILES string of the molecule is CC(=N)N1CCC(N=C(N)c2cccc(NC(=O)CN(CC(N)=O)c3ccccc3O)c2)CC1. The third-order valence-corrected chi connectivity index (χ3v) is 5.61. The fourth-order valence-corrected chi connectivity index (χ4v) is 3.88. The van der Waals surface area contributed by atoms with Crippen LogP contribution in [0.1, 0.15) is 25.3 Å². The highest BCUT2D eigenvalue weighted by Crippen LogP contribution is 2.26. The molecule has 1 aliphatic rings. The van der Waals surface area contributed by atoms with Crippen LogP contribution in [-0.2, 0) is 9.59 Å².